The highest BCUT2D eigenvalue weighted by atomic mass is 16.5. The van der Waals surface area contributed by atoms with Crippen molar-refractivity contribution in [3.05, 3.63) is 65.3 Å². The summed E-state index contributed by atoms with van der Waals surface area (Å²) in [4.78, 5) is 30.4. The number of nitrogens with zero attached hydrogens (tertiary/aromatic N) is 3. The van der Waals surface area contributed by atoms with Crippen molar-refractivity contribution in [2.24, 2.45) is 0 Å². The predicted molar refractivity (Wildman–Crippen MR) is 101 cm³/mol. The first-order valence-corrected chi connectivity index (χ1v) is 8.73. The summed E-state index contributed by atoms with van der Waals surface area (Å²) in [7, 11) is 0. The number of aryl methyl sites for hydroxylation is 2. The van der Waals surface area contributed by atoms with Gasteiger partial charge in [0.05, 0.1) is 17.9 Å². The van der Waals surface area contributed by atoms with E-state index in [4.69, 9.17) is 9.26 Å². The fourth-order valence-corrected chi connectivity index (χ4v) is 3.05. The first-order chi connectivity index (χ1) is 13.5. The number of ether oxygens (including phenoxy) is 1. The lowest BCUT2D eigenvalue weighted by molar-refractivity contribution is -0.121. The predicted octanol–water partition coefficient (Wildman–Crippen LogP) is 2.86. The first-order valence-electron chi connectivity index (χ1n) is 8.73. The molecule has 0 saturated heterocycles. The van der Waals surface area contributed by atoms with Crippen LogP contribution >= 0.6 is 0 Å². The second-order valence-electron chi connectivity index (χ2n) is 6.44. The zero-order valence-electron chi connectivity index (χ0n) is 15.4. The van der Waals surface area contributed by atoms with Crippen LogP contribution in [0.4, 0.5) is 11.4 Å². The molecule has 1 aromatic carbocycles. The summed E-state index contributed by atoms with van der Waals surface area (Å²) in [5.74, 6) is 0.807. The highest BCUT2D eigenvalue weighted by molar-refractivity contribution is 6.05. The van der Waals surface area contributed by atoms with Crippen LogP contribution in [0.2, 0.25) is 0 Å². The van der Waals surface area contributed by atoms with Gasteiger partial charge in [-0.1, -0.05) is 5.16 Å². The Hall–Kier alpha value is -3.68. The van der Waals surface area contributed by atoms with Crippen LogP contribution in [0.5, 0.6) is 5.75 Å². The normalized spacial score (nSPS) is 13.1. The van der Waals surface area contributed by atoms with Gasteiger partial charge in [0.1, 0.15) is 11.5 Å². The summed E-state index contributed by atoms with van der Waals surface area (Å²) < 4.78 is 10.7. The second-order valence-corrected chi connectivity index (χ2v) is 6.44. The van der Waals surface area contributed by atoms with Gasteiger partial charge in [-0.05, 0) is 44.2 Å². The molecule has 142 valence electrons. The third-order valence-corrected chi connectivity index (χ3v) is 4.60. The Morgan fingerprint density at radius 2 is 2.00 bits per heavy atom. The minimum atomic E-state index is -0.261. The number of fused-ring (bicyclic) bond motifs is 1. The van der Waals surface area contributed by atoms with Gasteiger partial charge in [-0.25, -0.2) is 0 Å². The summed E-state index contributed by atoms with van der Waals surface area (Å²) in [6, 6.07) is 8.46. The number of rotatable bonds is 4. The van der Waals surface area contributed by atoms with Gasteiger partial charge >= 0.3 is 0 Å². The molecule has 28 heavy (non-hydrogen) atoms. The van der Waals surface area contributed by atoms with Gasteiger partial charge in [-0.2, -0.15) is 0 Å². The highest BCUT2D eigenvalue weighted by Gasteiger charge is 2.28. The van der Waals surface area contributed by atoms with Crippen LogP contribution in [0.1, 0.15) is 27.4 Å². The molecule has 3 heterocycles. The molecule has 1 aliphatic heterocycles. The molecule has 1 N–H and O–H groups in total. The molecular formula is C20H18N4O4. The number of aromatic nitrogens is 2. The Morgan fingerprint density at radius 3 is 2.71 bits per heavy atom. The van der Waals surface area contributed by atoms with Crippen molar-refractivity contribution in [2.45, 2.75) is 20.4 Å². The summed E-state index contributed by atoms with van der Waals surface area (Å²) >= 11 is 0. The molecule has 8 heteroatoms. The molecule has 0 fully saturated rings. The van der Waals surface area contributed by atoms with E-state index in [2.05, 4.69) is 15.5 Å². The van der Waals surface area contributed by atoms with E-state index in [9.17, 15) is 9.59 Å². The molecule has 2 amide bonds. The zero-order chi connectivity index (χ0) is 19.7. The maximum absolute atomic E-state index is 12.5. The Morgan fingerprint density at radius 1 is 1.21 bits per heavy atom. The van der Waals surface area contributed by atoms with Crippen LogP contribution in [0.25, 0.3) is 0 Å². The molecule has 0 spiro atoms. The summed E-state index contributed by atoms with van der Waals surface area (Å²) in [6.07, 6.45) is 3.11. The first kappa shape index (κ1) is 17.7. The quantitative estimate of drug-likeness (QED) is 0.750. The fourth-order valence-electron chi connectivity index (χ4n) is 3.05. The second kappa shape index (κ2) is 7.15. The number of amides is 2. The molecular weight excluding hydrogens is 360 g/mol. The number of pyridine rings is 1. The molecule has 0 saturated carbocycles. The molecule has 1 aliphatic rings. The smallest absolute Gasteiger partial charge is 0.265 e. The van der Waals surface area contributed by atoms with Crippen molar-refractivity contribution in [1.29, 1.82) is 0 Å². The zero-order valence-corrected chi connectivity index (χ0v) is 15.4. The lowest BCUT2D eigenvalue weighted by Gasteiger charge is -2.29. The van der Waals surface area contributed by atoms with Crippen LogP contribution in [0, 0.1) is 13.8 Å². The summed E-state index contributed by atoms with van der Waals surface area (Å²) in [5.41, 5.74) is 3.23. The van der Waals surface area contributed by atoms with Crippen molar-refractivity contribution in [3.8, 4) is 5.75 Å². The van der Waals surface area contributed by atoms with Crippen LogP contribution < -0.4 is 15.0 Å². The van der Waals surface area contributed by atoms with Crippen molar-refractivity contribution in [3.63, 3.8) is 0 Å². The van der Waals surface area contributed by atoms with E-state index >= 15 is 0 Å². The lowest BCUT2D eigenvalue weighted by Crippen LogP contribution is -2.38. The number of anilines is 2. The molecule has 3 aromatic rings. The van der Waals surface area contributed by atoms with Crippen LogP contribution in [0.15, 0.2) is 47.2 Å². The van der Waals surface area contributed by atoms with Gasteiger partial charge in [0.25, 0.3) is 11.8 Å². The Balaban J connectivity index is 1.63. The van der Waals surface area contributed by atoms with E-state index in [1.54, 1.807) is 47.6 Å². The van der Waals surface area contributed by atoms with Gasteiger partial charge < -0.3 is 19.5 Å². The van der Waals surface area contributed by atoms with Gasteiger partial charge in [-0.15, -0.1) is 0 Å². The van der Waals surface area contributed by atoms with E-state index < -0.39 is 0 Å². The van der Waals surface area contributed by atoms with Gasteiger partial charge in [0.2, 0.25) is 0 Å². The maximum Gasteiger partial charge on any atom is 0.265 e. The number of carbonyl (C=O) groups is 2. The molecule has 0 radical (unpaired) electrons. The molecule has 2 aromatic heterocycles. The number of carbonyl (C=O) groups excluding carboxylic acids is 2. The lowest BCUT2D eigenvalue weighted by atomic mass is 10.1. The summed E-state index contributed by atoms with van der Waals surface area (Å²) in [5, 5.41) is 6.78. The number of benzene rings is 1. The SMILES string of the molecule is Cc1noc(C)c1CN1C(=O)COc2ccc(NC(=O)c3ccncc3)cc21. The highest BCUT2D eigenvalue weighted by Crippen LogP contribution is 2.36. The fraction of sp³-hybridized carbons (Fsp3) is 0.200. The van der Waals surface area contributed by atoms with E-state index in [1.165, 1.54) is 0 Å². The van der Waals surface area contributed by atoms with E-state index in [-0.39, 0.29) is 18.4 Å². The molecule has 8 nitrogen and oxygen atoms in total. The van der Waals surface area contributed by atoms with Crippen molar-refractivity contribution >= 4 is 23.2 Å². The minimum absolute atomic E-state index is 0.0426. The molecule has 0 bridgehead atoms. The van der Waals surface area contributed by atoms with Crippen molar-refractivity contribution < 1.29 is 18.8 Å². The molecule has 0 atom stereocenters. The Labute approximate surface area is 161 Å². The Kier molecular flexibility index (Phi) is 4.52. The monoisotopic (exact) mass is 378 g/mol. The third kappa shape index (κ3) is 3.32. The van der Waals surface area contributed by atoms with Crippen LogP contribution in [-0.4, -0.2) is 28.6 Å². The maximum atomic E-state index is 12.5. The van der Waals surface area contributed by atoms with Gasteiger partial charge in [0, 0.05) is 29.2 Å². The third-order valence-electron chi connectivity index (χ3n) is 4.60. The van der Waals surface area contributed by atoms with Gasteiger partial charge in [0.15, 0.2) is 6.61 Å². The van der Waals surface area contributed by atoms with Crippen molar-refractivity contribution in [1.82, 2.24) is 10.1 Å². The van der Waals surface area contributed by atoms with Crippen LogP contribution in [0.3, 0.4) is 0 Å². The van der Waals surface area contributed by atoms with E-state index in [0.29, 0.717) is 35.0 Å². The molecule has 4 rings (SSSR count). The standard InChI is InChI=1S/C20H18N4O4/c1-12-16(13(2)28-23-12)10-24-17-9-15(3-4-18(17)27-11-19(24)25)22-20(26)14-5-7-21-8-6-14/h3-9H,10-11H2,1-2H3,(H,22,26). The average molecular weight is 378 g/mol. The average Bonchev–Trinajstić information content (AvgIpc) is 3.02. The van der Waals surface area contributed by atoms with E-state index in [1.807, 2.05) is 13.8 Å². The van der Waals surface area contributed by atoms with Crippen LogP contribution in [-0.2, 0) is 11.3 Å². The Bertz CT molecular complexity index is 1030. The molecule has 0 aliphatic carbocycles. The number of hydrogen-bond acceptors (Lipinski definition) is 6. The number of hydrogen-bond donors (Lipinski definition) is 1. The largest absolute Gasteiger partial charge is 0.482 e. The van der Waals surface area contributed by atoms with Crippen molar-refractivity contribution in [2.75, 3.05) is 16.8 Å². The topological polar surface area (TPSA) is 97.6 Å². The summed E-state index contributed by atoms with van der Waals surface area (Å²) in [6.45, 7) is 3.92. The minimum Gasteiger partial charge on any atom is -0.482 e. The van der Waals surface area contributed by atoms with Gasteiger partial charge in [-0.3, -0.25) is 14.6 Å². The van der Waals surface area contributed by atoms with E-state index in [0.717, 1.165) is 11.3 Å². The molecule has 0 unspecified atom stereocenters. The number of nitrogens with one attached hydrogen (secondary N) is 1.